The molecule has 1 heterocycles. The van der Waals surface area contributed by atoms with Crippen LogP contribution >= 0.6 is 0 Å². The monoisotopic (exact) mass is 174 g/mol. The summed E-state index contributed by atoms with van der Waals surface area (Å²) in [6.45, 7) is 1.94. The van der Waals surface area contributed by atoms with Crippen molar-refractivity contribution in [1.82, 2.24) is 10.2 Å². The highest BCUT2D eigenvalue weighted by Crippen LogP contribution is 2.27. The highest BCUT2D eigenvalue weighted by atomic mass is 19.3. The van der Waals surface area contributed by atoms with Gasteiger partial charge < -0.3 is 0 Å². The maximum atomic E-state index is 12.7. The average molecular weight is 174 g/mol. The molecule has 3 nitrogen and oxygen atoms in total. The second kappa shape index (κ2) is 2.66. The van der Waals surface area contributed by atoms with Gasteiger partial charge in [-0.2, -0.15) is 13.9 Å². The van der Waals surface area contributed by atoms with Crippen LogP contribution in [0.2, 0.25) is 0 Å². The Morgan fingerprint density at radius 1 is 1.67 bits per heavy atom. The Morgan fingerprint density at radius 2 is 2.25 bits per heavy atom. The number of halogens is 2. The van der Waals surface area contributed by atoms with Crippen LogP contribution in [0.25, 0.3) is 0 Å². The summed E-state index contributed by atoms with van der Waals surface area (Å²) in [5.41, 5.74) is -0.475. The molecule has 0 atom stereocenters. The van der Waals surface area contributed by atoms with Crippen molar-refractivity contribution < 1.29 is 13.6 Å². The van der Waals surface area contributed by atoms with Crippen LogP contribution in [-0.4, -0.2) is 16.0 Å². The summed E-state index contributed by atoms with van der Waals surface area (Å²) in [6, 6.07) is 0. The van der Waals surface area contributed by atoms with E-state index in [2.05, 4.69) is 10.2 Å². The summed E-state index contributed by atoms with van der Waals surface area (Å²) in [6.07, 6.45) is 1.11. The van der Waals surface area contributed by atoms with E-state index in [9.17, 15) is 13.6 Å². The maximum absolute atomic E-state index is 12.7. The second-order valence-electron chi connectivity index (χ2n) is 2.60. The Balaban J connectivity index is 3.17. The zero-order valence-corrected chi connectivity index (χ0v) is 6.69. The van der Waals surface area contributed by atoms with E-state index < -0.39 is 17.4 Å². The fourth-order valence-electron chi connectivity index (χ4n) is 0.888. The maximum Gasteiger partial charge on any atom is 0.287 e. The van der Waals surface area contributed by atoms with E-state index in [-0.39, 0.29) is 5.56 Å². The van der Waals surface area contributed by atoms with Gasteiger partial charge in [-0.05, 0) is 6.92 Å². The summed E-state index contributed by atoms with van der Waals surface area (Å²) in [5.74, 6) is -3.46. The number of carbonyl (C=O) groups excluding carboxylic acids is 1. The number of hydrogen-bond donors (Lipinski definition) is 1. The molecule has 12 heavy (non-hydrogen) atoms. The van der Waals surface area contributed by atoms with Gasteiger partial charge in [-0.25, -0.2) is 0 Å². The van der Waals surface area contributed by atoms with E-state index in [1.165, 1.54) is 6.92 Å². The van der Waals surface area contributed by atoms with Gasteiger partial charge in [0.2, 0.25) is 0 Å². The van der Waals surface area contributed by atoms with Crippen LogP contribution in [0.1, 0.15) is 29.9 Å². The van der Waals surface area contributed by atoms with Crippen molar-refractivity contribution in [1.29, 1.82) is 0 Å². The first kappa shape index (κ1) is 8.83. The first-order chi connectivity index (χ1) is 5.43. The highest BCUT2D eigenvalue weighted by Gasteiger charge is 2.30. The van der Waals surface area contributed by atoms with Crippen LogP contribution in [0.15, 0.2) is 6.20 Å². The Morgan fingerprint density at radius 3 is 2.58 bits per heavy atom. The molecule has 0 spiro atoms. The van der Waals surface area contributed by atoms with E-state index in [1.807, 2.05) is 0 Å². The number of Topliss-reactive ketones (excluding diaryl/α,β-unsaturated/α-hetero) is 1. The fourth-order valence-corrected chi connectivity index (χ4v) is 0.888. The number of carbonyl (C=O) groups is 1. The standard InChI is InChI=1S/C7H8F2N2O/c1-4(12)5-3-10-11-6(5)7(2,8)9/h3H,1-2H3,(H,10,11). The first-order valence-electron chi connectivity index (χ1n) is 3.35. The van der Waals surface area contributed by atoms with Crippen LogP contribution < -0.4 is 0 Å². The molecule has 0 amide bonds. The van der Waals surface area contributed by atoms with Crippen LogP contribution in [-0.2, 0) is 5.92 Å². The van der Waals surface area contributed by atoms with E-state index in [0.717, 1.165) is 6.20 Å². The minimum Gasteiger partial charge on any atom is -0.294 e. The van der Waals surface area contributed by atoms with E-state index in [4.69, 9.17) is 0 Å². The molecule has 0 saturated carbocycles. The number of nitrogens with one attached hydrogen (secondary N) is 1. The SMILES string of the molecule is CC(=O)c1cn[nH]c1C(C)(F)F. The third-order valence-corrected chi connectivity index (χ3v) is 1.46. The van der Waals surface area contributed by atoms with E-state index in [1.54, 1.807) is 0 Å². The van der Waals surface area contributed by atoms with Crippen molar-refractivity contribution >= 4 is 5.78 Å². The van der Waals surface area contributed by atoms with Crippen LogP contribution in [0.4, 0.5) is 8.78 Å². The van der Waals surface area contributed by atoms with Crippen molar-refractivity contribution in [3.05, 3.63) is 17.5 Å². The second-order valence-corrected chi connectivity index (χ2v) is 2.60. The number of alkyl halides is 2. The van der Waals surface area contributed by atoms with Crippen LogP contribution in [0.5, 0.6) is 0 Å². The lowest BCUT2D eigenvalue weighted by molar-refractivity contribution is 0.0118. The first-order valence-corrected chi connectivity index (χ1v) is 3.35. The third kappa shape index (κ3) is 1.49. The van der Waals surface area contributed by atoms with Gasteiger partial charge in [-0.15, -0.1) is 0 Å². The van der Waals surface area contributed by atoms with Gasteiger partial charge in [0.25, 0.3) is 5.92 Å². The number of aromatic nitrogens is 2. The molecule has 5 heteroatoms. The lowest BCUT2D eigenvalue weighted by Gasteiger charge is -2.08. The zero-order valence-electron chi connectivity index (χ0n) is 6.69. The number of rotatable bonds is 2. The summed E-state index contributed by atoms with van der Waals surface area (Å²) in [7, 11) is 0. The van der Waals surface area contributed by atoms with Crippen molar-refractivity contribution in [3.8, 4) is 0 Å². The summed E-state index contributed by atoms with van der Waals surface area (Å²) < 4.78 is 25.4. The Labute approximate surface area is 67.8 Å². The number of aromatic amines is 1. The number of hydrogen-bond acceptors (Lipinski definition) is 2. The van der Waals surface area contributed by atoms with Crippen molar-refractivity contribution in [3.63, 3.8) is 0 Å². The number of H-pyrrole nitrogens is 1. The topological polar surface area (TPSA) is 45.8 Å². The van der Waals surface area contributed by atoms with Crippen molar-refractivity contribution in [2.75, 3.05) is 0 Å². The van der Waals surface area contributed by atoms with Gasteiger partial charge >= 0.3 is 0 Å². The van der Waals surface area contributed by atoms with Gasteiger partial charge in [-0.1, -0.05) is 0 Å². The molecule has 1 aromatic heterocycles. The normalized spacial score (nSPS) is 11.7. The molecular formula is C7H8F2N2O. The van der Waals surface area contributed by atoms with E-state index in [0.29, 0.717) is 6.92 Å². The van der Waals surface area contributed by atoms with Crippen LogP contribution in [0, 0.1) is 0 Å². The van der Waals surface area contributed by atoms with Gasteiger partial charge in [0, 0.05) is 6.92 Å². The average Bonchev–Trinajstić information content (AvgIpc) is 2.30. The fraction of sp³-hybridized carbons (Fsp3) is 0.429. The van der Waals surface area contributed by atoms with Crippen molar-refractivity contribution in [2.45, 2.75) is 19.8 Å². The van der Waals surface area contributed by atoms with Gasteiger partial charge in [-0.3, -0.25) is 9.89 Å². The predicted molar refractivity (Wildman–Crippen MR) is 38.2 cm³/mol. The molecule has 1 rings (SSSR count). The molecule has 0 aliphatic heterocycles. The minimum absolute atomic E-state index is 0.0532. The molecule has 0 aliphatic rings. The molecule has 0 aliphatic carbocycles. The van der Waals surface area contributed by atoms with Crippen LogP contribution in [0.3, 0.4) is 0 Å². The minimum atomic E-state index is -3.04. The molecule has 0 radical (unpaired) electrons. The van der Waals surface area contributed by atoms with E-state index >= 15 is 0 Å². The largest absolute Gasteiger partial charge is 0.294 e. The van der Waals surface area contributed by atoms with Gasteiger partial charge in [0.15, 0.2) is 5.78 Å². The molecule has 0 saturated heterocycles. The van der Waals surface area contributed by atoms with Gasteiger partial charge in [0.05, 0.1) is 11.8 Å². The molecular weight excluding hydrogens is 166 g/mol. The molecule has 0 fully saturated rings. The number of nitrogens with zero attached hydrogens (tertiary/aromatic N) is 1. The predicted octanol–water partition coefficient (Wildman–Crippen LogP) is 1.72. The Hall–Kier alpha value is -1.26. The molecule has 1 N–H and O–H groups in total. The Bertz CT molecular complexity index is 301. The molecule has 0 aromatic carbocycles. The smallest absolute Gasteiger partial charge is 0.287 e. The summed E-state index contributed by atoms with van der Waals surface area (Å²) in [4.78, 5) is 10.8. The zero-order chi connectivity index (χ0) is 9.35. The third-order valence-electron chi connectivity index (χ3n) is 1.46. The van der Waals surface area contributed by atoms with Crippen molar-refractivity contribution in [2.24, 2.45) is 0 Å². The molecule has 0 unspecified atom stereocenters. The van der Waals surface area contributed by atoms with Gasteiger partial charge in [0.1, 0.15) is 5.69 Å². The lowest BCUT2D eigenvalue weighted by Crippen LogP contribution is -2.12. The molecule has 1 aromatic rings. The lowest BCUT2D eigenvalue weighted by atomic mass is 10.1. The summed E-state index contributed by atoms with van der Waals surface area (Å²) in [5, 5.41) is 5.49. The quantitative estimate of drug-likeness (QED) is 0.694. The highest BCUT2D eigenvalue weighted by molar-refractivity contribution is 5.95. The number of ketones is 1. The summed E-state index contributed by atoms with van der Waals surface area (Å²) >= 11 is 0. The molecule has 0 bridgehead atoms. The Kier molecular flexibility index (Phi) is 1.95. The molecule has 66 valence electrons.